The van der Waals surface area contributed by atoms with E-state index in [1.54, 1.807) is 51.1 Å². The van der Waals surface area contributed by atoms with Gasteiger partial charge in [-0.05, 0) is 26.3 Å². The lowest BCUT2D eigenvalue weighted by atomic mass is 10.2. The molecule has 0 saturated heterocycles. The van der Waals surface area contributed by atoms with Crippen molar-refractivity contribution in [3.05, 3.63) is 35.9 Å². The number of ether oxygens (including phenoxy) is 1. The maximum atomic E-state index is 11.7. The molecule has 118 valence electrons. The Kier molecular flexibility index (Phi) is 6.32. The zero-order valence-corrected chi connectivity index (χ0v) is 13.3. The van der Waals surface area contributed by atoms with Gasteiger partial charge in [0, 0.05) is 6.54 Å². The van der Waals surface area contributed by atoms with Crippen molar-refractivity contribution in [3.8, 4) is 0 Å². The fourth-order valence-corrected chi connectivity index (χ4v) is 2.41. The molecule has 0 aromatic heterocycles. The highest BCUT2D eigenvalue weighted by molar-refractivity contribution is 7.85. The SMILES string of the molecule is CC(C)(C)OC(=O)CCNOS(=O)(=O)Cc1ccccc1. The Bertz CT molecular complexity index is 548. The molecule has 1 rings (SSSR count). The van der Waals surface area contributed by atoms with E-state index in [-0.39, 0.29) is 18.7 Å². The van der Waals surface area contributed by atoms with E-state index < -0.39 is 21.7 Å². The maximum absolute atomic E-state index is 11.7. The Morgan fingerprint density at radius 3 is 2.38 bits per heavy atom. The maximum Gasteiger partial charge on any atom is 0.307 e. The predicted octanol–water partition coefficient (Wildman–Crippen LogP) is 1.77. The molecule has 0 aliphatic heterocycles. The van der Waals surface area contributed by atoms with Gasteiger partial charge in [-0.1, -0.05) is 30.3 Å². The lowest BCUT2D eigenvalue weighted by Gasteiger charge is -2.19. The summed E-state index contributed by atoms with van der Waals surface area (Å²) in [6, 6.07) is 8.70. The number of nitrogens with one attached hydrogen (secondary N) is 1. The van der Waals surface area contributed by atoms with Crippen LogP contribution in [0.2, 0.25) is 0 Å². The lowest BCUT2D eigenvalue weighted by molar-refractivity contribution is -0.155. The standard InChI is InChI=1S/C14H21NO5S/c1-14(2,3)19-13(16)9-10-15-20-21(17,18)11-12-7-5-4-6-8-12/h4-8,15H,9-11H2,1-3H3. The molecule has 0 spiro atoms. The molecule has 0 amide bonds. The molecule has 0 aliphatic carbocycles. The lowest BCUT2D eigenvalue weighted by Crippen LogP contribution is -2.28. The van der Waals surface area contributed by atoms with Crippen molar-refractivity contribution in [1.82, 2.24) is 5.48 Å². The summed E-state index contributed by atoms with van der Waals surface area (Å²) in [5.41, 5.74) is 2.35. The van der Waals surface area contributed by atoms with Gasteiger partial charge in [0.15, 0.2) is 0 Å². The summed E-state index contributed by atoms with van der Waals surface area (Å²) in [6.07, 6.45) is 0.0259. The summed E-state index contributed by atoms with van der Waals surface area (Å²) in [5, 5.41) is 0. The van der Waals surface area contributed by atoms with Crippen LogP contribution >= 0.6 is 0 Å². The van der Waals surface area contributed by atoms with E-state index >= 15 is 0 Å². The monoisotopic (exact) mass is 315 g/mol. The van der Waals surface area contributed by atoms with Gasteiger partial charge in [0.25, 0.3) is 10.1 Å². The third kappa shape index (κ3) is 8.44. The van der Waals surface area contributed by atoms with Crippen LogP contribution in [-0.2, 0) is 29.7 Å². The molecule has 0 atom stereocenters. The van der Waals surface area contributed by atoms with Crippen molar-refractivity contribution >= 4 is 16.1 Å². The Balaban J connectivity index is 2.30. The van der Waals surface area contributed by atoms with Crippen molar-refractivity contribution in [2.75, 3.05) is 6.54 Å². The van der Waals surface area contributed by atoms with Crippen LogP contribution < -0.4 is 5.48 Å². The number of esters is 1. The van der Waals surface area contributed by atoms with Gasteiger partial charge >= 0.3 is 5.97 Å². The smallest absolute Gasteiger partial charge is 0.307 e. The fourth-order valence-electron chi connectivity index (χ4n) is 1.48. The molecule has 0 heterocycles. The summed E-state index contributed by atoms with van der Waals surface area (Å²) >= 11 is 0. The van der Waals surface area contributed by atoms with E-state index in [0.717, 1.165) is 0 Å². The van der Waals surface area contributed by atoms with E-state index in [2.05, 4.69) is 9.76 Å². The molecular weight excluding hydrogens is 294 g/mol. The summed E-state index contributed by atoms with van der Waals surface area (Å²) in [7, 11) is -3.73. The molecule has 1 aromatic carbocycles. The van der Waals surface area contributed by atoms with Gasteiger partial charge in [0.1, 0.15) is 11.4 Å². The molecule has 0 saturated carbocycles. The Hall–Kier alpha value is -1.44. The van der Waals surface area contributed by atoms with Gasteiger partial charge in [-0.15, -0.1) is 0 Å². The molecule has 6 nitrogen and oxygen atoms in total. The van der Waals surface area contributed by atoms with E-state index in [0.29, 0.717) is 5.56 Å². The largest absolute Gasteiger partial charge is 0.460 e. The third-order valence-electron chi connectivity index (χ3n) is 2.22. The first-order valence-electron chi connectivity index (χ1n) is 6.58. The highest BCUT2D eigenvalue weighted by Crippen LogP contribution is 2.08. The Labute approximate surface area is 125 Å². The predicted molar refractivity (Wildman–Crippen MR) is 78.6 cm³/mol. The van der Waals surface area contributed by atoms with Crippen molar-refractivity contribution < 1.29 is 22.2 Å². The third-order valence-corrected chi connectivity index (χ3v) is 3.28. The summed E-state index contributed by atoms with van der Waals surface area (Å²) in [6.45, 7) is 5.35. The van der Waals surface area contributed by atoms with E-state index in [1.165, 1.54) is 0 Å². The number of rotatable bonds is 7. The van der Waals surface area contributed by atoms with Gasteiger partial charge in [-0.2, -0.15) is 18.2 Å². The van der Waals surface area contributed by atoms with Crippen LogP contribution in [0.5, 0.6) is 0 Å². The highest BCUT2D eigenvalue weighted by atomic mass is 32.2. The molecule has 21 heavy (non-hydrogen) atoms. The van der Waals surface area contributed by atoms with Gasteiger partial charge in [0.05, 0.1) is 6.42 Å². The second-order valence-corrected chi connectivity index (χ2v) is 7.07. The molecule has 1 N–H and O–H groups in total. The number of benzene rings is 1. The van der Waals surface area contributed by atoms with Crippen molar-refractivity contribution in [2.45, 2.75) is 38.5 Å². The molecular formula is C14H21NO5S. The first kappa shape index (κ1) is 17.6. The topological polar surface area (TPSA) is 81.7 Å². The van der Waals surface area contributed by atoms with E-state index in [1.807, 2.05) is 0 Å². The van der Waals surface area contributed by atoms with E-state index in [4.69, 9.17) is 4.74 Å². The number of hydrogen-bond acceptors (Lipinski definition) is 6. The number of carbonyl (C=O) groups is 1. The molecule has 0 fully saturated rings. The van der Waals surface area contributed by atoms with Gasteiger partial charge in [-0.3, -0.25) is 4.79 Å². The summed E-state index contributed by atoms with van der Waals surface area (Å²) in [5.74, 6) is -0.646. The second kappa shape index (κ2) is 7.53. The number of carbonyl (C=O) groups excluding carboxylic acids is 1. The normalized spacial score (nSPS) is 12.1. The van der Waals surface area contributed by atoms with Crippen LogP contribution in [0.1, 0.15) is 32.8 Å². The minimum atomic E-state index is -3.73. The van der Waals surface area contributed by atoms with Crippen LogP contribution in [0, 0.1) is 0 Å². The minimum absolute atomic E-state index is 0.0259. The highest BCUT2D eigenvalue weighted by Gasteiger charge is 2.17. The van der Waals surface area contributed by atoms with Gasteiger partial charge in [-0.25, -0.2) is 0 Å². The Morgan fingerprint density at radius 1 is 1.19 bits per heavy atom. The van der Waals surface area contributed by atoms with E-state index in [9.17, 15) is 13.2 Å². The van der Waals surface area contributed by atoms with Crippen LogP contribution in [0.25, 0.3) is 0 Å². The average molecular weight is 315 g/mol. The van der Waals surface area contributed by atoms with Crippen LogP contribution in [0.4, 0.5) is 0 Å². The Morgan fingerprint density at radius 2 is 1.81 bits per heavy atom. The average Bonchev–Trinajstić information content (AvgIpc) is 2.33. The molecule has 1 aromatic rings. The molecule has 0 bridgehead atoms. The van der Waals surface area contributed by atoms with Crippen LogP contribution in [-0.4, -0.2) is 26.5 Å². The van der Waals surface area contributed by atoms with Gasteiger partial charge < -0.3 is 4.74 Å². The zero-order valence-electron chi connectivity index (χ0n) is 12.5. The second-order valence-electron chi connectivity index (χ2n) is 5.50. The quantitative estimate of drug-likeness (QED) is 0.469. The van der Waals surface area contributed by atoms with Crippen LogP contribution in [0.3, 0.4) is 0 Å². The first-order valence-corrected chi connectivity index (χ1v) is 8.15. The minimum Gasteiger partial charge on any atom is -0.460 e. The molecule has 0 unspecified atom stereocenters. The van der Waals surface area contributed by atoms with Crippen molar-refractivity contribution in [1.29, 1.82) is 0 Å². The number of hydroxylamine groups is 1. The van der Waals surface area contributed by atoms with Crippen molar-refractivity contribution in [3.63, 3.8) is 0 Å². The first-order chi connectivity index (χ1) is 9.68. The fraction of sp³-hybridized carbons (Fsp3) is 0.500. The van der Waals surface area contributed by atoms with Crippen molar-refractivity contribution in [2.24, 2.45) is 0 Å². The van der Waals surface area contributed by atoms with Crippen LogP contribution in [0.15, 0.2) is 30.3 Å². The number of hydrogen-bond donors (Lipinski definition) is 1. The molecule has 0 aliphatic rings. The summed E-state index contributed by atoms with van der Waals surface area (Å²) in [4.78, 5) is 11.4. The zero-order chi connectivity index (χ0) is 15.9. The molecule has 7 heteroatoms. The molecule has 0 radical (unpaired) electrons. The van der Waals surface area contributed by atoms with Gasteiger partial charge in [0.2, 0.25) is 0 Å². The summed E-state index contributed by atoms with van der Waals surface area (Å²) < 4.78 is 33.1.